The maximum atomic E-state index is 13.1. The van der Waals surface area contributed by atoms with Gasteiger partial charge < -0.3 is 19.7 Å². The lowest BCUT2D eigenvalue weighted by atomic mass is 9.93. The number of nitrogens with zero attached hydrogens (tertiary/aromatic N) is 1. The predicted octanol–water partition coefficient (Wildman–Crippen LogP) is 5.40. The molecule has 1 aliphatic heterocycles. The van der Waals surface area contributed by atoms with Gasteiger partial charge in [0, 0.05) is 32.7 Å². The Morgan fingerprint density at radius 3 is 2.00 bits per heavy atom. The second-order valence-electron chi connectivity index (χ2n) is 9.12. The van der Waals surface area contributed by atoms with Crippen molar-refractivity contribution in [3.63, 3.8) is 0 Å². The molecule has 0 radical (unpaired) electrons. The van der Waals surface area contributed by atoms with Crippen molar-refractivity contribution in [2.75, 3.05) is 27.4 Å². The molecular formula is C27H26F6N2O4S. The monoisotopic (exact) mass is 588 g/mol. The van der Waals surface area contributed by atoms with Crippen LogP contribution in [0.25, 0.3) is 0 Å². The summed E-state index contributed by atoms with van der Waals surface area (Å²) in [5.74, 6) is -1.14. The van der Waals surface area contributed by atoms with Gasteiger partial charge in [-0.1, -0.05) is 24.3 Å². The average Bonchev–Trinajstić information content (AvgIpc) is 2.86. The molecule has 1 heterocycles. The number of methoxy groups -OCH3 is 1. The number of rotatable bonds is 9. The lowest BCUT2D eigenvalue weighted by molar-refractivity contribution is -0.143. The molecule has 0 saturated carbocycles. The van der Waals surface area contributed by atoms with Crippen LogP contribution in [0.3, 0.4) is 0 Å². The van der Waals surface area contributed by atoms with Crippen molar-refractivity contribution in [3.05, 3.63) is 81.6 Å². The maximum absolute atomic E-state index is 13.1. The van der Waals surface area contributed by atoms with Gasteiger partial charge in [0.2, 0.25) is 0 Å². The summed E-state index contributed by atoms with van der Waals surface area (Å²) >= 11 is 5.36. The molecule has 2 aromatic rings. The first-order valence-electron chi connectivity index (χ1n) is 11.9. The summed E-state index contributed by atoms with van der Waals surface area (Å²) in [6.45, 7) is 1.98. The van der Waals surface area contributed by atoms with E-state index >= 15 is 0 Å². The fourth-order valence-corrected chi connectivity index (χ4v) is 4.37. The minimum absolute atomic E-state index is 0.0211. The van der Waals surface area contributed by atoms with Crippen molar-refractivity contribution in [3.8, 4) is 0 Å². The number of esters is 1. The Labute approximate surface area is 231 Å². The first kappa shape index (κ1) is 31.1. The zero-order valence-corrected chi connectivity index (χ0v) is 22.5. The lowest BCUT2D eigenvalue weighted by Crippen LogP contribution is -2.46. The van der Waals surface area contributed by atoms with Crippen molar-refractivity contribution >= 4 is 29.1 Å². The molecule has 1 N–H and O–H groups in total. The number of allylic oxidation sites excluding steroid dienone is 1. The molecule has 1 atom stereocenters. The summed E-state index contributed by atoms with van der Waals surface area (Å²) < 4.78 is 89.0. The molecule has 0 fully saturated rings. The van der Waals surface area contributed by atoms with Crippen molar-refractivity contribution < 1.29 is 45.4 Å². The molecule has 2 aromatic carbocycles. The third-order valence-corrected chi connectivity index (χ3v) is 6.65. The van der Waals surface area contributed by atoms with Gasteiger partial charge in [-0.3, -0.25) is 4.79 Å². The fourth-order valence-electron chi connectivity index (χ4n) is 4.11. The Morgan fingerprint density at radius 2 is 1.48 bits per heavy atom. The number of ether oxygens (including phenoxy) is 2. The summed E-state index contributed by atoms with van der Waals surface area (Å²) in [4.78, 5) is 27.1. The molecule has 1 aliphatic rings. The number of alkyl halides is 6. The number of halogens is 6. The molecule has 0 aliphatic carbocycles. The second kappa shape index (κ2) is 12.4. The van der Waals surface area contributed by atoms with Crippen LogP contribution in [0.1, 0.15) is 40.8 Å². The predicted molar refractivity (Wildman–Crippen MR) is 137 cm³/mol. The van der Waals surface area contributed by atoms with Crippen LogP contribution in [0.2, 0.25) is 0 Å². The minimum Gasteiger partial charge on any atom is -0.460 e. The van der Waals surface area contributed by atoms with E-state index in [0.717, 1.165) is 0 Å². The van der Waals surface area contributed by atoms with Crippen LogP contribution in [0.4, 0.5) is 26.3 Å². The van der Waals surface area contributed by atoms with Gasteiger partial charge in [0.15, 0.2) is 5.11 Å². The van der Waals surface area contributed by atoms with E-state index in [1.807, 2.05) is 0 Å². The van der Waals surface area contributed by atoms with E-state index in [0.29, 0.717) is 39.6 Å². The third kappa shape index (κ3) is 7.60. The first-order chi connectivity index (χ1) is 18.6. The van der Waals surface area contributed by atoms with Crippen molar-refractivity contribution in [2.45, 2.75) is 38.2 Å². The zero-order chi connectivity index (χ0) is 29.8. The van der Waals surface area contributed by atoms with Crippen molar-refractivity contribution in [1.29, 1.82) is 0 Å². The van der Waals surface area contributed by atoms with Gasteiger partial charge >= 0.3 is 18.3 Å². The molecule has 1 unspecified atom stereocenters. The number of thiocarbonyl (C=S) groups is 1. The molecule has 0 saturated heterocycles. The Morgan fingerprint density at radius 1 is 0.925 bits per heavy atom. The van der Waals surface area contributed by atoms with E-state index in [9.17, 15) is 35.9 Å². The maximum Gasteiger partial charge on any atom is 0.416 e. The van der Waals surface area contributed by atoms with Gasteiger partial charge in [-0.25, -0.2) is 4.79 Å². The number of hydrogen-bond donors (Lipinski definition) is 1. The highest BCUT2D eigenvalue weighted by molar-refractivity contribution is 7.80. The van der Waals surface area contributed by atoms with Gasteiger partial charge in [0.25, 0.3) is 0 Å². The van der Waals surface area contributed by atoms with Crippen LogP contribution in [-0.2, 0) is 44.3 Å². The van der Waals surface area contributed by atoms with Crippen LogP contribution in [-0.4, -0.2) is 49.1 Å². The fraction of sp³-hybridized carbons (Fsp3) is 0.370. The second-order valence-corrected chi connectivity index (χ2v) is 9.50. The quantitative estimate of drug-likeness (QED) is 0.182. The third-order valence-electron chi connectivity index (χ3n) is 6.26. The van der Waals surface area contributed by atoms with E-state index in [-0.39, 0.29) is 31.3 Å². The van der Waals surface area contributed by atoms with Gasteiger partial charge in [-0.15, -0.1) is 0 Å². The number of carbonyl (C=O) groups excluding carboxylic acids is 2. The van der Waals surface area contributed by atoms with Crippen LogP contribution in [0, 0.1) is 0 Å². The zero-order valence-electron chi connectivity index (χ0n) is 21.7. The largest absolute Gasteiger partial charge is 0.460 e. The standard InChI is InChI=1S/C27H26F6N2O4S/c1-15-22(24(37)39-9-8-38-3)23(34-25(40)35(15)2)18-6-4-16(5-7-18)12-21(36)13-17-10-19(26(28,29)30)14-20(11-17)27(31,32)33/h4-7,10-11,14,23H,8-9,12-13H2,1-3H3,(H,34,40). The topological polar surface area (TPSA) is 67.9 Å². The van der Waals surface area contributed by atoms with Gasteiger partial charge in [-0.05, 0) is 54.0 Å². The Hall–Kier alpha value is -3.45. The number of nitrogens with one attached hydrogen (secondary N) is 1. The van der Waals surface area contributed by atoms with E-state index < -0.39 is 47.7 Å². The van der Waals surface area contributed by atoms with Crippen LogP contribution >= 0.6 is 12.2 Å². The molecule has 3 rings (SSSR count). The normalized spacial score (nSPS) is 16.2. The summed E-state index contributed by atoms with van der Waals surface area (Å²) in [5.41, 5.74) is -1.33. The van der Waals surface area contributed by atoms with Crippen molar-refractivity contribution in [1.82, 2.24) is 10.2 Å². The Kier molecular flexibility index (Phi) is 9.62. The summed E-state index contributed by atoms with van der Waals surface area (Å²) in [6, 6.07) is 6.94. The SMILES string of the molecule is COCCOC(=O)C1=C(C)N(C)C(=S)NC1c1ccc(CC(=O)Cc2cc(C(F)(F)F)cc(C(F)(F)F)c2)cc1. The van der Waals surface area contributed by atoms with Crippen molar-refractivity contribution in [2.24, 2.45) is 0 Å². The highest BCUT2D eigenvalue weighted by atomic mass is 32.1. The van der Waals surface area contributed by atoms with Crippen LogP contribution < -0.4 is 5.32 Å². The van der Waals surface area contributed by atoms with E-state index in [1.54, 1.807) is 43.1 Å². The lowest BCUT2D eigenvalue weighted by Gasteiger charge is -2.35. The van der Waals surface area contributed by atoms with Crippen LogP contribution in [0.5, 0.6) is 0 Å². The number of benzene rings is 2. The molecule has 0 bridgehead atoms. The highest BCUT2D eigenvalue weighted by Crippen LogP contribution is 2.36. The van der Waals surface area contributed by atoms with Crippen LogP contribution in [0.15, 0.2) is 53.7 Å². The smallest absolute Gasteiger partial charge is 0.416 e. The Bertz CT molecular complexity index is 1270. The molecule has 13 heteroatoms. The summed E-state index contributed by atoms with van der Waals surface area (Å²) in [7, 11) is 3.17. The number of ketones is 1. The van der Waals surface area contributed by atoms with Gasteiger partial charge in [0.05, 0.1) is 29.3 Å². The van der Waals surface area contributed by atoms with Gasteiger partial charge in [-0.2, -0.15) is 26.3 Å². The molecule has 216 valence electrons. The summed E-state index contributed by atoms with van der Waals surface area (Å²) in [6.07, 6.45) is -10.8. The summed E-state index contributed by atoms with van der Waals surface area (Å²) in [5, 5.41) is 3.45. The molecule has 0 spiro atoms. The number of Topliss-reactive ketones (excluding diaryl/α,β-unsaturated/α-hetero) is 1. The molecule has 0 aromatic heterocycles. The first-order valence-corrected chi connectivity index (χ1v) is 12.3. The Balaban J connectivity index is 1.79. The number of carbonyl (C=O) groups is 2. The molecular weight excluding hydrogens is 562 g/mol. The van der Waals surface area contributed by atoms with E-state index in [1.165, 1.54) is 7.11 Å². The van der Waals surface area contributed by atoms with E-state index in [4.69, 9.17) is 21.7 Å². The molecule has 0 amide bonds. The van der Waals surface area contributed by atoms with E-state index in [2.05, 4.69) is 5.32 Å². The average molecular weight is 589 g/mol. The number of hydrogen-bond acceptors (Lipinski definition) is 5. The molecule has 40 heavy (non-hydrogen) atoms. The minimum atomic E-state index is -5.00. The molecule has 6 nitrogen and oxygen atoms in total. The van der Waals surface area contributed by atoms with Gasteiger partial charge in [0.1, 0.15) is 12.4 Å². The highest BCUT2D eigenvalue weighted by Gasteiger charge is 2.37.